The number of hydrogen-bond acceptors (Lipinski definition) is 3. The Balaban J connectivity index is 2.01. The number of halogens is 2. The van der Waals surface area contributed by atoms with Gasteiger partial charge in [0, 0.05) is 6.04 Å². The van der Waals surface area contributed by atoms with Crippen LogP contribution in [0.25, 0.3) is 0 Å². The third kappa shape index (κ3) is 3.72. The van der Waals surface area contributed by atoms with Crippen molar-refractivity contribution in [1.29, 1.82) is 0 Å². The van der Waals surface area contributed by atoms with Crippen LogP contribution in [0.2, 0.25) is 0 Å². The largest absolute Gasteiger partial charge is 0.365 e. The molecule has 0 bridgehead atoms. The van der Waals surface area contributed by atoms with Gasteiger partial charge in [0.25, 0.3) is 5.91 Å². The molecule has 1 aromatic rings. The molecule has 0 aromatic carbocycles. The van der Waals surface area contributed by atoms with Crippen molar-refractivity contribution >= 4 is 11.7 Å². The summed E-state index contributed by atoms with van der Waals surface area (Å²) in [6.07, 6.45) is 5.15. The molecule has 1 heterocycles. The number of nitrogens with zero attached hydrogens (tertiary/aromatic N) is 1. The standard InChI is InChI=1S/C16H23F2N3O/c1-3-9(2)10-4-6-11(7-5-10)20-16-13(17)8-12(15(19)22)14(18)21-16/h8-11H,3-7H2,1-2H3,(H2,19,22)(H,20,21). The topological polar surface area (TPSA) is 68.0 Å². The van der Waals surface area contributed by atoms with Crippen LogP contribution in [-0.2, 0) is 0 Å². The number of rotatable bonds is 5. The first-order valence-corrected chi connectivity index (χ1v) is 7.84. The van der Waals surface area contributed by atoms with Crippen molar-refractivity contribution in [2.45, 2.75) is 52.0 Å². The maximum atomic E-state index is 13.9. The number of pyridine rings is 1. The molecule has 1 aliphatic carbocycles. The minimum absolute atomic E-state index is 0.0844. The van der Waals surface area contributed by atoms with Gasteiger partial charge in [-0.1, -0.05) is 20.3 Å². The van der Waals surface area contributed by atoms with Gasteiger partial charge in [0.15, 0.2) is 11.6 Å². The Kier molecular flexibility index (Phi) is 5.32. The van der Waals surface area contributed by atoms with Crippen molar-refractivity contribution in [3.05, 3.63) is 23.4 Å². The van der Waals surface area contributed by atoms with E-state index >= 15 is 0 Å². The van der Waals surface area contributed by atoms with Crippen LogP contribution in [0.15, 0.2) is 6.07 Å². The Labute approximate surface area is 129 Å². The van der Waals surface area contributed by atoms with Crippen LogP contribution in [0.3, 0.4) is 0 Å². The summed E-state index contributed by atoms with van der Waals surface area (Å²) in [4.78, 5) is 14.5. The first kappa shape index (κ1) is 16.6. The van der Waals surface area contributed by atoms with E-state index in [-0.39, 0.29) is 11.9 Å². The molecular weight excluding hydrogens is 288 g/mol. The first-order valence-electron chi connectivity index (χ1n) is 7.84. The molecule has 1 fully saturated rings. The van der Waals surface area contributed by atoms with Gasteiger partial charge in [0.05, 0.1) is 5.56 Å². The molecule has 0 spiro atoms. The second-order valence-corrected chi connectivity index (χ2v) is 6.16. The molecule has 1 amide bonds. The molecule has 2 rings (SSSR count). The van der Waals surface area contributed by atoms with Crippen LogP contribution in [0.4, 0.5) is 14.6 Å². The summed E-state index contributed by atoms with van der Waals surface area (Å²) in [5, 5.41) is 2.96. The SMILES string of the molecule is CCC(C)C1CCC(Nc2nc(F)c(C(N)=O)cc2F)CC1. The average molecular weight is 311 g/mol. The molecule has 1 saturated carbocycles. The van der Waals surface area contributed by atoms with Crippen molar-refractivity contribution in [3.8, 4) is 0 Å². The highest BCUT2D eigenvalue weighted by Crippen LogP contribution is 2.33. The maximum absolute atomic E-state index is 13.9. The fraction of sp³-hybridized carbons (Fsp3) is 0.625. The molecule has 122 valence electrons. The van der Waals surface area contributed by atoms with E-state index in [9.17, 15) is 13.6 Å². The van der Waals surface area contributed by atoms with Gasteiger partial charge in [-0.25, -0.2) is 4.39 Å². The number of amides is 1. The number of aromatic nitrogens is 1. The first-order chi connectivity index (χ1) is 10.4. The number of carbonyl (C=O) groups excluding carboxylic acids is 1. The highest BCUT2D eigenvalue weighted by Gasteiger charge is 2.25. The zero-order chi connectivity index (χ0) is 16.3. The number of anilines is 1. The summed E-state index contributed by atoms with van der Waals surface area (Å²) in [6.45, 7) is 4.45. The van der Waals surface area contributed by atoms with E-state index in [1.54, 1.807) is 0 Å². The van der Waals surface area contributed by atoms with Crippen molar-refractivity contribution < 1.29 is 13.6 Å². The molecule has 1 aliphatic rings. The molecular formula is C16H23F2N3O. The monoisotopic (exact) mass is 311 g/mol. The average Bonchev–Trinajstić information content (AvgIpc) is 2.50. The smallest absolute Gasteiger partial charge is 0.253 e. The van der Waals surface area contributed by atoms with Gasteiger partial charge in [-0.15, -0.1) is 0 Å². The van der Waals surface area contributed by atoms with E-state index in [0.717, 1.165) is 31.7 Å². The van der Waals surface area contributed by atoms with E-state index in [1.807, 2.05) is 0 Å². The summed E-state index contributed by atoms with van der Waals surface area (Å²) < 4.78 is 27.5. The zero-order valence-corrected chi connectivity index (χ0v) is 13.0. The third-order valence-corrected chi connectivity index (χ3v) is 4.76. The summed E-state index contributed by atoms with van der Waals surface area (Å²) in [6, 6.07) is 0.888. The number of carbonyl (C=O) groups is 1. The zero-order valence-electron chi connectivity index (χ0n) is 13.0. The lowest BCUT2D eigenvalue weighted by molar-refractivity contribution is 0.0995. The molecule has 1 aromatic heterocycles. The van der Waals surface area contributed by atoms with Crippen molar-refractivity contribution in [2.75, 3.05) is 5.32 Å². The summed E-state index contributed by atoms with van der Waals surface area (Å²) >= 11 is 0. The Morgan fingerprint density at radius 3 is 2.59 bits per heavy atom. The molecule has 0 saturated heterocycles. The van der Waals surface area contributed by atoms with E-state index in [2.05, 4.69) is 24.1 Å². The predicted molar refractivity (Wildman–Crippen MR) is 81.5 cm³/mol. The van der Waals surface area contributed by atoms with Crippen molar-refractivity contribution in [1.82, 2.24) is 4.98 Å². The lowest BCUT2D eigenvalue weighted by atomic mass is 9.78. The molecule has 4 nitrogen and oxygen atoms in total. The van der Waals surface area contributed by atoms with Crippen LogP contribution in [0.1, 0.15) is 56.3 Å². The molecule has 22 heavy (non-hydrogen) atoms. The predicted octanol–water partition coefficient (Wildman–Crippen LogP) is 3.48. The van der Waals surface area contributed by atoms with Crippen LogP contribution >= 0.6 is 0 Å². The summed E-state index contributed by atoms with van der Waals surface area (Å²) in [5.41, 5.74) is 4.44. The van der Waals surface area contributed by atoms with Gasteiger partial charge >= 0.3 is 0 Å². The normalized spacial score (nSPS) is 23.1. The minimum Gasteiger partial charge on any atom is -0.365 e. The minimum atomic E-state index is -1.04. The van der Waals surface area contributed by atoms with Gasteiger partial charge in [-0.2, -0.15) is 9.37 Å². The highest BCUT2D eigenvalue weighted by molar-refractivity contribution is 5.92. The van der Waals surface area contributed by atoms with Crippen molar-refractivity contribution in [3.63, 3.8) is 0 Å². The van der Waals surface area contributed by atoms with E-state index in [4.69, 9.17) is 5.73 Å². The number of hydrogen-bond donors (Lipinski definition) is 2. The second kappa shape index (κ2) is 7.03. The van der Waals surface area contributed by atoms with Crippen LogP contribution < -0.4 is 11.1 Å². The molecule has 3 N–H and O–H groups in total. The fourth-order valence-electron chi connectivity index (χ4n) is 3.10. The molecule has 6 heteroatoms. The van der Waals surface area contributed by atoms with E-state index in [1.165, 1.54) is 6.42 Å². The third-order valence-electron chi connectivity index (χ3n) is 4.76. The highest BCUT2D eigenvalue weighted by atomic mass is 19.1. The second-order valence-electron chi connectivity index (χ2n) is 6.16. The molecule has 1 atom stereocenters. The van der Waals surface area contributed by atoms with E-state index < -0.39 is 23.2 Å². The van der Waals surface area contributed by atoms with Crippen molar-refractivity contribution in [2.24, 2.45) is 17.6 Å². The van der Waals surface area contributed by atoms with Crippen LogP contribution in [0, 0.1) is 23.6 Å². The van der Waals surface area contributed by atoms with Crippen LogP contribution in [-0.4, -0.2) is 16.9 Å². The maximum Gasteiger partial charge on any atom is 0.253 e. The Bertz CT molecular complexity index is 542. The summed E-state index contributed by atoms with van der Waals surface area (Å²) in [7, 11) is 0. The molecule has 0 aliphatic heterocycles. The van der Waals surface area contributed by atoms with Gasteiger partial charge in [-0.05, 0) is 43.6 Å². The lowest BCUT2D eigenvalue weighted by Crippen LogP contribution is -2.29. The van der Waals surface area contributed by atoms with Crippen LogP contribution in [0.5, 0.6) is 0 Å². The number of nitrogens with two attached hydrogens (primary N) is 1. The van der Waals surface area contributed by atoms with Gasteiger partial charge in [-0.3, -0.25) is 4.79 Å². The molecule has 1 unspecified atom stereocenters. The van der Waals surface area contributed by atoms with Gasteiger partial charge in [0.2, 0.25) is 5.95 Å². The Morgan fingerprint density at radius 2 is 2.05 bits per heavy atom. The quantitative estimate of drug-likeness (QED) is 0.818. The Morgan fingerprint density at radius 1 is 1.41 bits per heavy atom. The number of primary amides is 1. The Hall–Kier alpha value is -1.72. The fourth-order valence-corrected chi connectivity index (χ4v) is 3.10. The summed E-state index contributed by atoms with van der Waals surface area (Å²) in [5.74, 6) is -1.55. The van der Waals surface area contributed by atoms with Gasteiger partial charge in [0.1, 0.15) is 0 Å². The van der Waals surface area contributed by atoms with E-state index in [0.29, 0.717) is 11.8 Å². The number of nitrogens with one attached hydrogen (secondary N) is 1. The van der Waals surface area contributed by atoms with Gasteiger partial charge < -0.3 is 11.1 Å². The lowest BCUT2D eigenvalue weighted by Gasteiger charge is -2.32. The molecule has 0 radical (unpaired) electrons.